The molecule has 0 bridgehead atoms. The molecule has 132 valence electrons. The van der Waals surface area contributed by atoms with Crippen LogP contribution in [0.25, 0.3) is 0 Å². The quantitative estimate of drug-likeness (QED) is 0.687. The molecule has 2 N–H and O–H groups in total. The van der Waals surface area contributed by atoms with Crippen LogP contribution in [0, 0.1) is 6.92 Å². The first-order chi connectivity index (χ1) is 12.6. The van der Waals surface area contributed by atoms with E-state index in [1.165, 1.54) is 18.0 Å². The fourth-order valence-electron chi connectivity index (χ4n) is 2.46. The highest BCUT2D eigenvalue weighted by Gasteiger charge is 2.08. The average Bonchev–Trinajstić information content (AvgIpc) is 2.65. The fraction of sp³-hybridized carbons (Fsp3) is 0.150. The van der Waals surface area contributed by atoms with Gasteiger partial charge >= 0.3 is 0 Å². The van der Waals surface area contributed by atoms with Crippen molar-refractivity contribution >= 4 is 29.1 Å². The number of benzene rings is 2. The van der Waals surface area contributed by atoms with Gasteiger partial charge in [-0.2, -0.15) is 0 Å². The topological polar surface area (TPSA) is 66.9 Å². The Morgan fingerprint density at radius 1 is 1.08 bits per heavy atom. The first-order valence-electron chi connectivity index (χ1n) is 8.29. The Morgan fingerprint density at radius 2 is 1.81 bits per heavy atom. The van der Waals surface area contributed by atoms with Crippen LogP contribution in [0.3, 0.4) is 0 Å². The zero-order valence-electron chi connectivity index (χ0n) is 14.4. The summed E-state index contributed by atoms with van der Waals surface area (Å²) in [5, 5.41) is 6.67. The maximum absolute atomic E-state index is 12.2. The number of amides is 1. The molecule has 1 amide bonds. The summed E-state index contributed by atoms with van der Waals surface area (Å²) in [5.41, 5.74) is 3.47. The van der Waals surface area contributed by atoms with Crippen molar-refractivity contribution in [3.63, 3.8) is 0 Å². The van der Waals surface area contributed by atoms with Crippen molar-refractivity contribution < 1.29 is 4.79 Å². The van der Waals surface area contributed by atoms with E-state index in [0.717, 1.165) is 17.7 Å². The van der Waals surface area contributed by atoms with Gasteiger partial charge in [-0.25, -0.2) is 9.97 Å². The Labute approximate surface area is 157 Å². The van der Waals surface area contributed by atoms with E-state index in [2.05, 4.69) is 20.6 Å². The molecule has 0 saturated carbocycles. The summed E-state index contributed by atoms with van der Waals surface area (Å²) in [4.78, 5) is 20.6. The predicted octanol–water partition coefficient (Wildman–Crippen LogP) is 4.15. The molecule has 3 aromatic rings. The fourth-order valence-corrected chi connectivity index (χ4v) is 2.69. The van der Waals surface area contributed by atoms with Gasteiger partial charge in [-0.15, -0.1) is 0 Å². The lowest BCUT2D eigenvalue weighted by atomic mass is 10.1. The summed E-state index contributed by atoms with van der Waals surface area (Å²) in [7, 11) is 0. The predicted molar refractivity (Wildman–Crippen MR) is 104 cm³/mol. The number of halogens is 1. The third-order valence-corrected chi connectivity index (χ3v) is 4.13. The molecule has 1 aromatic heterocycles. The molecular formula is C20H19ClN4O. The normalized spacial score (nSPS) is 10.4. The van der Waals surface area contributed by atoms with Gasteiger partial charge in [0.15, 0.2) is 0 Å². The maximum Gasteiger partial charge on any atom is 0.254 e. The van der Waals surface area contributed by atoms with Crippen molar-refractivity contribution in [3.05, 3.63) is 82.6 Å². The number of carbonyl (C=O) groups excluding carboxylic acids is 1. The Kier molecular flexibility index (Phi) is 5.81. The van der Waals surface area contributed by atoms with E-state index in [4.69, 9.17) is 11.6 Å². The van der Waals surface area contributed by atoms with Crippen LogP contribution in [-0.4, -0.2) is 22.4 Å². The second-order valence-corrected chi connectivity index (χ2v) is 6.31. The highest BCUT2D eigenvalue weighted by molar-refractivity contribution is 6.30. The third kappa shape index (κ3) is 4.80. The lowest BCUT2D eigenvalue weighted by Crippen LogP contribution is -2.26. The smallest absolute Gasteiger partial charge is 0.254 e. The molecular weight excluding hydrogens is 348 g/mol. The molecule has 0 unspecified atom stereocenters. The monoisotopic (exact) mass is 366 g/mol. The van der Waals surface area contributed by atoms with Gasteiger partial charge in [-0.1, -0.05) is 41.9 Å². The van der Waals surface area contributed by atoms with Crippen LogP contribution in [0.2, 0.25) is 5.02 Å². The first kappa shape index (κ1) is 17.9. The van der Waals surface area contributed by atoms with Gasteiger partial charge < -0.3 is 10.6 Å². The highest BCUT2D eigenvalue weighted by Crippen LogP contribution is 2.21. The molecule has 1 heterocycles. The van der Waals surface area contributed by atoms with E-state index >= 15 is 0 Å². The summed E-state index contributed by atoms with van der Waals surface area (Å²) >= 11 is 5.95. The molecule has 0 radical (unpaired) electrons. The van der Waals surface area contributed by atoms with E-state index in [1.54, 1.807) is 6.07 Å². The molecule has 0 aliphatic rings. The van der Waals surface area contributed by atoms with Crippen molar-refractivity contribution in [2.45, 2.75) is 13.3 Å². The van der Waals surface area contributed by atoms with Crippen molar-refractivity contribution in [1.82, 2.24) is 15.3 Å². The van der Waals surface area contributed by atoms with Crippen molar-refractivity contribution in [2.75, 3.05) is 11.9 Å². The zero-order chi connectivity index (χ0) is 18.4. The number of hydrogen-bond acceptors (Lipinski definition) is 4. The van der Waals surface area contributed by atoms with Crippen molar-refractivity contribution in [3.8, 4) is 0 Å². The molecule has 0 fully saturated rings. The Bertz CT molecular complexity index is 882. The van der Waals surface area contributed by atoms with Crippen LogP contribution in [0.15, 0.2) is 60.9 Å². The van der Waals surface area contributed by atoms with Gasteiger partial charge in [-0.05, 0) is 42.7 Å². The van der Waals surface area contributed by atoms with Gasteiger partial charge in [0, 0.05) is 29.6 Å². The van der Waals surface area contributed by atoms with Crippen LogP contribution in [-0.2, 0) is 6.42 Å². The number of hydrogen-bond donors (Lipinski definition) is 2. The SMILES string of the molecule is Cc1cc(Cl)ccc1Nc1ncc(C(=O)NCCc2ccccc2)cn1. The minimum Gasteiger partial charge on any atom is -0.352 e. The summed E-state index contributed by atoms with van der Waals surface area (Å²) in [6.45, 7) is 2.51. The van der Waals surface area contributed by atoms with Gasteiger partial charge in [0.1, 0.15) is 0 Å². The molecule has 0 saturated heterocycles. The van der Waals surface area contributed by atoms with Gasteiger partial charge in [-0.3, -0.25) is 4.79 Å². The minimum absolute atomic E-state index is 0.185. The maximum atomic E-state index is 12.2. The summed E-state index contributed by atoms with van der Waals surface area (Å²) in [5.74, 6) is 0.242. The third-order valence-electron chi connectivity index (χ3n) is 3.89. The highest BCUT2D eigenvalue weighted by atomic mass is 35.5. The van der Waals surface area contributed by atoms with E-state index in [-0.39, 0.29) is 5.91 Å². The van der Waals surface area contributed by atoms with Crippen LogP contribution in [0.1, 0.15) is 21.5 Å². The summed E-state index contributed by atoms with van der Waals surface area (Å²) in [6.07, 6.45) is 3.81. The van der Waals surface area contributed by atoms with E-state index in [1.807, 2.05) is 49.4 Å². The van der Waals surface area contributed by atoms with Crippen molar-refractivity contribution in [2.24, 2.45) is 0 Å². The lowest BCUT2D eigenvalue weighted by Gasteiger charge is -2.09. The molecule has 6 heteroatoms. The number of anilines is 2. The van der Waals surface area contributed by atoms with E-state index in [9.17, 15) is 4.79 Å². The first-order valence-corrected chi connectivity index (χ1v) is 8.67. The van der Waals surface area contributed by atoms with E-state index in [0.29, 0.717) is 23.1 Å². The Hall–Kier alpha value is -2.92. The molecule has 3 rings (SSSR count). The van der Waals surface area contributed by atoms with Crippen molar-refractivity contribution in [1.29, 1.82) is 0 Å². The molecule has 26 heavy (non-hydrogen) atoms. The standard InChI is InChI=1S/C20H19ClN4O/c1-14-11-17(21)7-8-18(14)25-20-23-12-16(13-24-20)19(26)22-10-9-15-5-3-2-4-6-15/h2-8,11-13H,9-10H2,1H3,(H,22,26)(H,23,24,25). The number of nitrogens with zero attached hydrogens (tertiary/aromatic N) is 2. The molecule has 0 aliphatic heterocycles. The van der Waals surface area contributed by atoms with Crippen LogP contribution in [0.5, 0.6) is 0 Å². The molecule has 0 aliphatic carbocycles. The van der Waals surface area contributed by atoms with Crippen LogP contribution < -0.4 is 10.6 Å². The number of aromatic nitrogens is 2. The van der Waals surface area contributed by atoms with E-state index < -0.39 is 0 Å². The minimum atomic E-state index is -0.185. The summed E-state index contributed by atoms with van der Waals surface area (Å²) in [6, 6.07) is 15.5. The van der Waals surface area contributed by atoms with Gasteiger partial charge in [0.05, 0.1) is 5.56 Å². The summed E-state index contributed by atoms with van der Waals surface area (Å²) < 4.78 is 0. The number of rotatable bonds is 6. The van der Waals surface area contributed by atoms with Crippen LogP contribution in [0.4, 0.5) is 11.6 Å². The molecule has 5 nitrogen and oxygen atoms in total. The van der Waals surface area contributed by atoms with Crippen LogP contribution >= 0.6 is 11.6 Å². The second-order valence-electron chi connectivity index (χ2n) is 5.87. The Balaban J connectivity index is 1.55. The average molecular weight is 367 g/mol. The second kappa shape index (κ2) is 8.45. The number of nitrogens with one attached hydrogen (secondary N) is 2. The molecule has 0 atom stereocenters. The molecule has 2 aromatic carbocycles. The van der Waals surface area contributed by atoms with Gasteiger partial charge in [0.2, 0.25) is 5.95 Å². The van der Waals surface area contributed by atoms with Gasteiger partial charge in [0.25, 0.3) is 5.91 Å². The number of aryl methyl sites for hydroxylation is 1. The molecule has 0 spiro atoms. The lowest BCUT2D eigenvalue weighted by molar-refractivity contribution is 0.0953. The Morgan fingerprint density at radius 3 is 2.50 bits per heavy atom. The largest absolute Gasteiger partial charge is 0.352 e. The number of carbonyl (C=O) groups is 1. The zero-order valence-corrected chi connectivity index (χ0v) is 15.1.